The normalized spacial score (nSPS) is 12.6. The zero-order valence-electron chi connectivity index (χ0n) is 11.0. The van der Waals surface area contributed by atoms with Crippen LogP contribution in [0, 0.1) is 0 Å². The highest BCUT2D eigenvalue weighted by atomic mass is 32.1. The number of aliphatic hydroxyl groups is 1. The van der Waals surface area contributed by atoms with Gasteiger partial charge >= 0.3 is 0 Å². The summed E-state index contributed by atoms with van der Waals surface area (Å²) >= 11 is 1.65. The summed E-state index contributed by atoms with van der Waals surface area (Å²) in [6.07, 6.45) is 2.71. The summed E-state index contributed by atoms with van der Waals surface area (Å²) in [7, 11) is 0. The van der Waals surface area contributed by atoms with E-state index in [0.29, 0.717) is 0 Å². The van der Waals surface area contributed by atoms with Gasteiger partial charge in [-0.05, 0) is 41.0 Å². The maximum Gasteiger partial charge on any atom is 0.113 e. The number of thiophene rings is 1. The summed E-state index contributed by atoms with van der Waals surface area (Å²) in [6, 6.07) is 10.4. The Kier molecular flexibility index (Phi) is 4.56. The van der Waals surface area contributed by atoms with Crippen LogP contribution >= 0.6 is 11.3 Å². The quantitative estimate of drug-likeness (QED) is 0.847. The predicted octanol–water partition coefficient (Wildman–Crippen LogP) is 4.34. The van der Waals surface area contributed by atoms with E-state index in [1.54, 1.807) is 11.3 Å². The van der Waals surface area contributed by atoms with Gasteiger partial charge in [0.25, 0.3) is 0 Å². The lowest BCUT2D eigenvalue weighted by Crippen LogP contribution is -2.00. The van der Waals surface area contributed by atoms with Gasteiger partial charge in [0.2, 0.25) is 0 Å². The average Bonchev–Trinajstić information content (AvgIpc) is 2.87. The maximum absolute atomic E-state index is 10.5. The van der Waals surface area contributed by atoms with Crippen LogP contribution in [0.25, 0.3) is 0 Å². The fourth-order valence-electron chi connectivity index (χ4n) is 2.24. The molecule has 2 aromatic rings. The molecule has 1 nitrogen and oxygen atoms in total. The third-order valence-corrected chi connectivity index (χ3v) is 4.23. The SMILES string of the molecule is CCCc1cccc(C(O)c2sccc2CC)c1. The molecule has 1 aromatic carbocycles. The van der Waals surface area contributed by atoms with Crippen LogP contribution in [0.1, 0.15) is 47.9 Å². The van der Waals surface area contributed by atoms with Crippen LogP contribution in [0.2, 0.25) is 0 Å². The summed E-state index contributed by atoms with van der Waals surface area (Å²) in [5.41, 5.74) is 3.58. The third-order valence-electron chi connectivity index (χ3n) is 3.22. The first-order valence-electron chi connectivity index (χ1n) is 6.59. The topological polar surface area (TPSA) is 20.2 Å². The van der Waals surface area contributed by atoms with E-state index in [9.17, 15) is 5.11 Å². The van der Waals surface area contributed by atoms with E-state index >= 15 is 0 Å². The molecule has 0 aliphatic carbocycles. The summed E-state index contributed by atoms with van der Waals surface area (Å²) in [4.78, 5) is 1.09. The Morgan fingerprint density at radius 2 is 2.06 bits per heavy atom. The molecule has 1 atom stereocenters. The predicted molar refractivity (Wildman–Crippen MR) is 78.2 cm³/mol. The first kappa shape index (κ1) is 13.3. The number of hydrogen-bond acceptors (Lipinski definition) is 2. The molecule has 0 fully saturated rings. The van der Waals surface area contributed by atoms with E-state index in [-0.39, 0.29) is 0 Å². The van der Waals surface area contributed by atoms with E-state index in [4.69, 9.17) is 0 Å². The molecule has 0 aliphatic rings. The van der Waals surface area contributed by atoms with Crippen molar-refractivity contribution in [2.75, 3.05) is 0 Å². The molecule has 96 valence electrons. The summed E-state index contributed by atoms with van der Waals surface area (Å²) in [5, 5.41) is 12.6. The molecule has 0 radical (unpaired) electrons. The molecule has 2 heteroatoms. The van der Waals surface area contributed by atoms with Crippen LogP contribution in [-0.4, -0.2) is 5.11 Å². The van der Waals surface area contributed by atoms with Crippen LogP contribution in [0.15, 0.2) is 35.7 Å². The van der Waals surface area contributed by atoms with Crippen molar-refractivity contribution in [3.8, 4) is 0 Å². The first-order valence-corrected chi connectivity index (χ1v) is 7.47. The minimum Gasteiger partial charge on any atom is -0.383 e. The van der Waals surface area contributed by atoms with Gasteiger partial charge in [-0.1, -0.05) is 44.5 Å². The molecule has 1 unspecified atom stereocenters. The zero-order chi connectivity index (χ0) is 13.0. The van der Waals surface area contributed by atoms with Crippen molar-refractivity contribution >= 4 is 11.3 Å². The number of benzene rings is 1. The molecule has 0 aliphatic heterocycles. The van der Waals surface area contributed by atoms with Gasteiger partial charge in [0, 0.05) is 4.88 Å². The van der Waals surface area contributed by atoms with Crippen LogP contribution in [0.4, 0.5) is 0 Å². The third kappa shape index (κ3) is 2.82. The number of aryl methyl sites for hydroxylation is 2. The highest BCUT2D eigenvalue weighted by Crippen LogP contribution is 2.30. The largest absolute Gasteiger partial charge is 0.383 e. The smallest absolute Gasteiger partial charge is 0.113 e. The monoisotopic (exact) mass is 260 g/mol. The Morgan fingerprint density at radius 1 is 1.22 bits per heavy atom. The van der Waals surface area contributed by atoms with Crippen LogP contribution in [0.3, 0.4) is 0 Å². The van der Waals surface area contributed by atoms with Crippen molar-refractivity contribution < 1.29 is 5.11 Å². The van der Waals surface area contributed by atoms with Crippen molar-refractivity contribution in [2.45, 2.75) is 39.2 Å². The Bertz CT molecular complexity index is 501. The van der Waals surface area contributed by atoms with Crippen LogP contribution < -0.4 is 0 Å². The van der Waals surface area contributed by atoms with Gasteiger partial charge in [-0.25, -0.2) is 0 Å². The molecule has 1 heterocycles. The molecule has 0 amide bonds. The zero-order valence-corrected chi connectivity index (χ0v) is 11.8. The maximum atomic E-state index is 10.5. The molecule has 0 saturated heterocycles. The van der Waals surface area contributed by atoms with E-state index in [1.165, 1.54) is 11.1 Å². The van der Waals surface area contributed by atoms with Crippen molar-refractivity contribution in [1.82, 2.24) is 0 Å². The number of rotatable bonds is 5. The van der Waals surface area contributed by atoms with Gasteiger partial charge in [-0.3, -0.25) is 0 Å². The second-order valence-corrected chi connectivity index (χ2v) is 5.51. The van der Waals surface area contributed by atoms with Gasteiger partial charge in [0.05, 0.1) is 0 Å². The number of aliphatic hydroxyl groups excluding tert-OH is 1. The Balaban J connectivity index is 2.28. The summed E-state index contributed by atoms with van der Waals surface area (Å²) < 4.78 is 0. The standard InChI is InChI=1S/C16H20OS/c1-3-6-12-7-5-8-14(11-12)15(17)16-13(4-2)9-10-18-16/h5,7-11,15,17H,3-4,6H2,1-2H3. The van der Waals surface area contributed by atoms with Gasteiger partial charge in [0.15, 0.2) is 0 Å². The van der Waals surface area contributed by atoms with E-state index < -0.39 is 6.10 Å². The molecule has 18 heavy (non-hydrogen) atoms. The van der Waals surface area contributed by atoms with Crippen molar-refractivity contribution in [2.24, 2.45) is 0 Å². The second kappa shape index (κ2) is 6.17. The van der Waals surface area contributed by atoms with Gasteiger partial charge in [-0.15, -0.1) is 11.3 Å². The fourth-order valence-corrected chi connectivity index (χ4v) is 3.25. The van der Waals surface area contributed by atoms with Gasteiger partial charge < -0.3 is 5.11 Å². The molecule has 0 spiro atoms. The molecule has 0 bridgehead atoms. The average molecular weight is 260 g/mol. The van der Waals surface area contributed by atoms with Crippen LogP contribution in [-0.2, 0) is 12.8 Å². The highest BCUT2D eigenvalue weighted by molar-refractivity contribution is 7.10. The molecular weight excluding hydrogens is 240 g/mol. The Labute approximate surface area is 113 Å². The lowest BCUT2D eigenvalue weighted by atomic mass is 10.0. The highest BCUT2D eigenvalue weighted by Gasteiger charge is 2.15. The minimum absolute atomic E-state index is 0.475. The molecule has 2 rings (SSSR count). The number of hydrogen-bond donors (Lipinski definition) is 1. The molecule has 0 saturated carbocycles. The summed E-state index contributed by atoms with van der Waals surface area (Å²) in [5.74, 6) is 0. The Morgan fingerprint density at radius 3 is 2.78 bits per heavy atom. The first-order chi connectivity index (χ1) is 8.76. The lowest BCUT2D eigenvalue weighted by molar-refractivity contribution is 0.223. The van der Waals surface area contributed by atoms with Crippen molar-refractivity contribution in [3.05, 3.63) is 57.3 Å². The second-order valence-electron chi connectivity index (χ2n) is 4.56. The van der Waals surface area contributed by atoms with Gasteiger partial charge in [-0.2, -0.15) is 0 Å². The Hall–Kier alpha value is -1.12. The van der Waals surface area contributed by atoms with Crippen LogP contribution in [0.5, 0.6) is 0 Å². The minimum atomic E-state index is -0.475. The van der Waals surface area contributed by atoms with E-state index in [0.717, 1.165) is 29.7 Å². The van der Waals surface area contributed by atoms with Crippen molar-refractivity contribution in [3.63, 3.8) is 0 Å². The molecule has 1 aromatic heterocycles. The molecular formula is C16H20OS. The van der Waals surface area contributed by atoms with E-state index in [1.807, 2.05) is 12.1 Å². The lowest BCUT2D eigenvalue weighted by Gasteiger charge is -2.12. The van der Waals surface area contributed by atoms with E-state index in [2.05, 4.69) is 37.4 Å². The van der Waals surface area contributed by atoms with Crippen molar-refractivity contribution in [1.29, 1.82) is 0 Å². The summed E-state index contributed by atoms with van der Waals surface area (Å²) in [6.45, 7) is 4.31. The molecule has 1 N–H and O–H groups in total. The van der Waals surface area contributed by atoms with Gasteiger partial charge in [0.1, 0.15) is 6.10 Å². The fraction of sp³-hybridized carbons (Fsp3) is 0.375.